The summed E-state index contributed by atoms with van der Waals surface area (Å²) < 4.78 is 54.8. The molecular weight excluding hydrogens is 388 g/mol. The molecule has 2 aromatic heterocycles. The molecule has 1 unspecified atom stereocenters. The standard InChI is InChI=1S/C20H18F4N4O/c1-12-4-2-3-9-27(12)19(29)16-11-18-25-15(13-5-7-14(21)8-6-13)10-17(20(22,23)24)28(18)26-16/h5-8,10-12H,2-4,9H2,1H3. The second kappa shape index (κ2) is 7.13. The molecule has 3 aromatic rings. The molecule has 0 saturated carbocycles. The van der Waals surface area contributed by atoms with Crippen LogP contribution in [0.15, 0.2) is 36.4 Å². The van der Waals surface area contributed by atoms with Gasteiger partial charge in [0.05, 0.1) is 5.69 Å². The average Bonchev–Trinajstić information content (AvgIpc) is 3.11. The van der Waals surface area contributed by atoms with Crippen LogP contribution in [0.4, 0.5) is 17.6 Å². The summed E-state index contributed by atoms with van der Waals surface area (Å²) in [6.45, 7) is 2.47. The first kappa shape index (κ1) is 19.4. The number of carbonyl (C=O) groups excluding carboxylic acids is 1. The van der Waals surface area contributed by atoms with E-state index in [1.807, 2.05) is 6.92 Å². The van der Waals surface area contributed by atoms with Crippen molar-refractivity contribution in [3.05, 3.63) is 53.6 Å². The Balaban J connectivity index is 1.82. The van der Waals surface area contributed by atoms with E-state index in [1.165, 1.54) is 18.2 Å². The van der Waals surface area contributed by atoms with E-state index in [2.05, 4.69) is 10.1 Å². The van der Waals surface area contributed by atoms with Gasteiger partial charge in [0.2, 0.25) is 0 Å². The maximum atomic E-state index is 13.7. The van der Waals surface area contributed by atoms with Crippen LogP contribution < -0.4 is 0 Å². The summed E-state index contributed by atoms with van der Waals surface area (Å²) in [7, 11) is 0. The Kier molecular flexibility index (Phi) is 4.76. The molecule has 0 radical (unpaired) electrons. The monoisotopic (exact) mass is 406 g/mol. The van der Waals surface area contributed by atoms with Gasteiger partial charge < -0.3 is 4.90 Å². The van der Waals surface area contributed by atoms with Crippen molar-refractivity contribution in [2.45, 2.75) is 38.4 Å². The number of alkyl halides is 3. The minimum Gasteiger partial charge on any atom is -0.335 e. The molecule has 0 aliphatic carbocycles. The lowest BCUT2D eigenvalue weighted by Crippen LogP contribution is -2.42. The van der Waals surface area contributed by atoms with Crippen molar-refractivity contribution >= 4 is 11.6 Å². The van der Waals surface area contributed by atoms with Crippen molar-refractivity contribution in [1.82, 2.24) is 19.5 Å². The lowest BCUT2D eigenvalue weighted by Gasteiger charge is -2.32. The van der Waals surface area contributed by atoms with Crippen LogP contribution in [-0.4, -0.2) is 38.0 Å². The van der Waals surface area contributed by atoms with Crippen molar-refractivity contribution in [2.75, 3.05) is 6.54 Å². The summed E-state index contributed by atoms with van der Waals surface area (Å²) in [5.41, 5.74) is -0.860. The van der Waals surface area contributed by atoms with E-state index in [1.54, 1.807) is 4.90 Å². The summed E-state index contributed by atoms with van der Waals surface area (Å²) in [5, 5.41) is 3.92. The Bertz CT molecular complexity index is 1060. The zero-order chi connectivity index (χ0) is 20.8. The van der Waals surface area contributed by atoms with Crippen LogP contribution in [0, 0.1) is 5.82 Å². The number of hydrogen-bond acceptors (Lipinski definition) is 3. The number of fused-ring (bicyclic) bond motifs is 1. The van der Waals surface area contributed by atoms with Gasteiger partial charge in [-0.05, 0) is 56.5 Å². The van der Waals surface area contributed by atoms with Crippen molar-refractivity contribution in [2.24, 2.45) is 0 Å². The molecule has 0 spiro atoms. The van der Waals surface area contributed by atoms with Crippen LogP contribution in [0.2, 0.25) is 0 Å². The molecule has 1 amide bonds. The fourth-order valence-corrected chi connectivity index (χ4v) is 3.60. The Morgan fingerprint density at radius 1 is 1.14 bits per heavy atom. The number of benzene rings is 1. The molecule has 152 valence electrons. The van der Waals surface area contributed by atoms with Crippen LogP contribution >= 0.6 is 0 Å². The predicted octanol–water partition coefficient (Wildman–Crippen LogP) is 4.57. The Hall–Kier alpha value is -2.97. The highest BCUT2D eigenvalue weighted by atomic mass is 19.4. The summed E-state index contributed by atoms with van der Waals surface area (Å²) in [6, 6.07) is 7.13. The molecule has 1 aliphatic rings. The minimum atomic E-state index is -4.71. The Morgan fingerprint density at radius 3 is 2.52 bits per heavy atom. The van der Waals surface area contributed by atoms with E-state index in [0.717, 1.165) is 37.5 Å². The fraction of sp³-hybridized carbons (Fsp3) is 0.350. The van der Waals surface area contributed by atoms with E-state index in [9.17, 15) is 22.4 Å². The molecule has 9 heteroatoms. The maximum Gasteiger partial charge on any atom is 0.433 e. The third-order valence-electron chi connectivity index (χ3n) is 5.14. The van der Waals surface area contributed by atoms with Gasteiger partial charge in [-0.15, -0.1) is 0 Å². The normalized spacial score (nSPS) is 17.7. The maximum absolute atomic E-state index is 13.7. The largest absolute Gasteiger partial charge is 0.433 e. The summed E-state index contributed by atoms with van der Waals surface area (Å²) in [5.74, 6) is -0.905. The number of aromatic nitrogens is 3. The van der Waals surface area contributed by atoms with Gasteiger partial charge >= 0.3 is 6.18 Å². The summed E-state index contributed by atoms with van der Waals surface area (Å²) >= 11 is 0. The molecule has 1 atom stereocenters. The van der Waals surface area contributed by atoms with E-state index >= 15 is 0 Å². The van der Waals surface area contributed by atoms with Gasteiger partial charge in [-0.2, -0.15) is 18.3 Å². The van der Waals surface area contributed by atoms with E-state index in [4.69, 9.17) is 0 Å². The molecule has 1 fully saturated rings. The Morgan fingerprint density at radius 2 is 1.86 bits per heavy atom. The lowest BCUT2D eigenvalue weighted by atomic mass is 10.0. The number of likely N-dealkylation sites (tertiary alicyclic amines) is 1. The van der Waals surface area contributed by atoms with Gasteiger partial charge in [-0.25, -0.2) is 13.9 Å². The Labute approximate surface area is 164 Å². The molecule has 1 saturated heterocycles. The average molecular weight is 406 g/mol. The molecule has 1 aliphatic heterocycles. The number of halogens is 4. The van der Waals surface area contributed by atoms with Crippen LogP contribution in [0.3, 0.4) is 0 Å². The number of hydrogen-bond donors (Lipinski definition) is 0. The van der Waals surface area contributed by atoms with Crippen LogP contribution in [0.1, 0.15) is 42.4 Å². The highest BCUT2D eigenvalue weighted by Crippen LogP contribution is 2.32. The first-order valence-electron chi connectivity index (χ1n) is 9.29. The number of carbonyl (C=O) groups is 1. The molecule has 0 N–H and O–H groups in total. The van der Waals surface area contributed by atoms with E-state index in [0.29, 0.717) is 16.6 Å². The van der Waals surface area contributed by atoms with Crippen molar-refractivity contribution < 1.29 is 22.4 Å². The van der Waals surface area contributed by atoms with Crippen molar-refractivity contribution in [3.63, 3.8) is 0 Å². The third kappa shape index (κ3) is 3.68. The number of nitrogens with zero attached hydrogens (tertiary/aromatic N) is 4. The minimum absolute atomic E-state index is 0.00545. The highest BCUT2D eigenvalue weighted by molar-refractivity contribution is 5.93. The van der Waals surface area contributed by atoms with Crippen LogP contribution in [0.25, 0.3) is 16.9 Å². The first-order valence-corrected chi connectivity index (χ1v) is 9.29. The molecular formula is C20H18F4N4O. The van der Waals surface area contributed by atoms with E-state index < -0.39 is 23.6 Å². The second-order valence-electron chi connectivity index (χ2n) is 7.17. The summed E-state index contributed by atoms with van der Waals surface area (Å²) in [6.07, 6.45) is -2.00. The zero-order valence-corrected chi connectivity index (χ0v) is 15.6. The SMILES string of the molecule is CC1CCCCN1C(=O)c1cc2nc(-c3ccc(F)cc3)cc(C(F)(F)F)n2n1. The van der Waals surface area contributed by atoms with Gasteiger partial charge in [-0.1, -0.05) is 0 Å². The van der Waals surface area contributed by atoms with Gasteiger partial charge in [0, 0.05) is 24.2 Å². The molecule has 5 nitrogen and oxygen atoms in total. The van der Waals surface area contributed by atoms with Crippen molar-refractivity contribution in [3.8, 4) is 11.3 Å². The molecule has 4 rings (SSSR count). The van der Waals surface area contributed by atoms with Gasteiger partial charge in [-0.3, -0.25) is 4.79 Å². The van der Waals surface area contributed by atoms with Gasteiger partial charge in [0.1, 0.15) is 5.82 Å². The smallest absolute Gasteiger partial charge is 0.335 e. The molecule has 3 heterocycles. The molecule has 0 bridgehead atoms. The highest BCUT2D eigenvalue weighted by Gasteiger charge is 2.36. The van der Waals surface area contributed by atoms with Crippen LogP contribution in [0.5, 0.6) is 0 Å². The predicted molar refractivity (Wildman–Crippen MR) is 97.7 cm³/mol. The molecule has 1 aromatic carbocycles. The zero-order valence-electron chi connectivity index (χ0n) is 15.6. The van der Waals surface area contributed by atoms with Crippen molar-refractivity contribution in [1.29, 1.82) is 0 Å². The third-order valence-corrected chi connectivity index (χ3v) is 5.14. The number of piperidine rings is 1. The second-order valence-corrected chi connectivity index (χ2v) is 7.17. The topological polar surface area (TPSA) is 50.5 Å². The number of rotatable bonds is 2. The van der Waals surface area contributed by atoms with Gasteiger partial charge in [0.15, 0.2) is 17.0 Å². The van der Waals surface area contributed by atoms with Crippen LogP contribution in [-0.2, 0) is 6.18 Å². The lowest BCUT2D eigenvalue weighted by molar-refractivity contribution is -0.142. The van der Waals surface area contributed by atoms with Gasteiger partial charge in [0.25, 0.3) is 5.91 Å². The fourth-order valence-electron chi connectivity index (χ4n) is 3.60. The quantitative estimate of drug-likeness (QED) is 0.586. The molecule has 29 heavy (non-hydrogen) atoms. The summed E-state index contributed by atoms with van der Waals surface area (Å²) in [4.78, 5) is 18.7. The number of amides is 1. The van der Waals surface area contributed by atoms with E-state index in [-0.39, 0.29) is 23.1 Å². The first-order chi connectivity index (χ1) is 13.7.